The Labute approximate surface area is 218 Å². The van der Waals surface area contributed by atoms with Crippen LogP contribution < -0.4 is 10.5 Å². The lowest BCUT2D eigenvalue weighted by Crippen LogP contribution is -2.28. The van der Waals surface area contributed by atoms with Gasteiger partial charge in [-0.1, -0.05) is 42.5 Å². The summed E-state index contributed by atoms with van der Waals surface area (Å²) < 4.78 is 30.8. The van der Waals surface area contributed by atoms with E-state index in [0.717, 1.165) is 38.7 Å². The number of fused-ring (bicyclic) bond motifs is 3. The second-order valence-corrected chi connectivity index (χ2v) is 10.8. The van der Waals surface area contributed by atoms with Crippen LogP contribution in [0.1, 0.15) is 17.2 Å². The molecule has 0 atom stereocenters. The molecule has 38 heavy (non-hydrogen) atoms. The molecular weight excluding hydrogens is 498 g/mol. The zero-order valence-corrected chi connectivity index (χ0v) is 21.2. The molecule has 6 rings (SSSR count). The van der Waals surface area contributed by atoms with Crippen molar-refractivity contribution in [2.45, 2.75) is 17.9 Å². The number of H-pyrrole nitrogens is 1. The van der Waals surface area contributed by atoms with Crippen molar-refractivity contribution in [3.8, 4) is 0 Å². The van der Waals surface area contributed by atoms with E-state index in [4.69, 9.17) is 16.1 Å². The Bertz CT molecular complexity index is 1940. The van der Waals surface area contributed by atoms with Crippen molar-refractivity contribution in [1.29, 1.82) is 5.41 Å². The highest BCUT2D eigenvalue weighted by atomic mass is 32.2. The number of aromatic nitrogens is 4. The summed E-state index contributed by atoms with van der Waals surface area (Å²) in [6.07, 6.45) is 0.427. The lowest BCUT2D eigenvalue weighted by molar-refractivity contribution is 0.572. The summed E-state index contributed by atoms with van der Waals surface area (Å²) in [5.74, 6) is 1.48. The number of imidazole rings is 2. The molecule has 2 aromatic heterocycles. The molecule has 0 saturated heterocycles. The van der Waals surface area contributed by atoms with Crippen LogP contribution in [0, 0.1) is 5.41 Å². The van der Waals surface area contributed by atoms with Gasteiger partial charge in [0, 0.05) is 18.7 Å². The first-order valence-corrected chi connectivity index (χ1v) is 13.6. The first-order chi connectivity index (χ1) is 18.4. The van der Waals surface area contributed by atoms with E-state index in [0.29, 0.717) is 24.4 Å². The third kappa shape index (κ3) is 4.51. The largest absolute Gasteiger partial charge is 0.384 e. The van der Waals surface area contributed by atoms with Gasteiger partial charge in [-0.15, -0.1) is 0 Å². The highest BCUT2D eigenvalue weighted by Gasteiger charge is 2.17. The number of sulfonamides is 1. The second-order valence-electron chi connectivity index (χ2n) is 9.08. The molecule has 2 heterocycles. The number of rotatable bonds is 8. The first kappa shape index (κ1) is 23.8. The third-order valence-corrected chi connectivity index (χ3v) is 8.02. The van der Waals surface area contributed by atoms with E-state index in [1.165, 1.54) is 0 Å². The van der Waals surface area contributed by atoms with Crippen LogP contribution in [-0.4, -0.2) is 40.3 Å². The number of benzene rings is 4. The average Bonchev–Trinajstić information content (AvgIpc) is 3.48. The van der Waals surface area contributed by atoms with Crippen LogP contribution in [0.5, 0.6) is 0 Å². The van der Waals surface area contributed by atoms with Gasteiger partial charge in [0.25, 0.3) is 0 Å². The fraction of sp³-hybridized carbons (Fsp3) is 0.107. The minimum absolute atomic E-state index is 0.00372. The van der Waals surface area contributed by atoms with Crippen molar-refractivity contribution in [2.24, 2.45) is 5.73 Å². The van der Waals surface area contributed by atoms with Crippen molar-refractivity contribution in [2.75, 3.05) is 6.54 Å². The molecule has 10 heteroatoms. The summed E-state index contributed by atoms with van der Waals surface area (Å²) in [5, 5.41) is 9.53. The van der Waals surface area contributed by atoms with Crippen LogP contribution in [0.3, 0.4) is 0 Å². The molecule has 4 aromatic carbocycles. The van der Waals surface area contributed by atoms with E-state index in [1.54, 1.807) is 24.3 Å². The van der Waals surface area contributed by atoms with Gasteiger partial charge in [0.15, 0.2) is 0 Å². The number of hydrogen-bond donors (Lipinski definition) is 4. The summed E-state index contributed by atoms with van der Waals surface area (Å²) in [5.41, 5.74) is 9.56. The molecule has 0 radical (unpaired) electrons. The van der Waals surface area contributed by atoms with Crippen molar-refractivity contribution < 1.29 is 8.42 Å². The predicted molar refractivity (Wildman–Crippen MR) is 149 cm³/mol. The van der Waals surface area contributed by atoms with E-state index in [1.807, 2.05) is 65.2 Å². The van der Waals surface area contributed by atoms with Crippen LogP contribution in [0.4, 0.5) is 0 Å². The molecule has 0 spiro atoms. The molecule has 5 N–H and O–H groups in total. The number of nitrogens with zero attached hydrogens (tertiary/aromatic N) is 3. The molecule has 0 saturated carbocycles. The quantitative estimate of drug-likeness (QED) is 0.177. The van der Waals surface area contributed by atoms with Crippen LogP contribution in [0.2, 0.25) is 0 Å². The van der Waals surface area contributed by atoms with Gasteiger partial charge < -0.3 is 15.3 Å². The lowest BCUT2D eigenvalue weighted by atomic mass is 10.1. The Morgan fingerprint density at radius 3 is 2.55 bits per heavy atom. The van der Waals surface area contributed by atoms with Gasteiger partial charge in [0.1, 0.15) is 17.5 Å². The molecular formula is C28H25N7O2S. The Morgan fingerprint density at radius 1 is 0.921 bits per heavy atom. The Kier molecular flexibility index (Phi) is 5.90. The fourth-order valence-electron chi connectivity index (χ4n) is 4.68. The number of nitrogens with one attached hydrogen (secondary N) is 3. The van der Waals surface area contributed by atoms with E-state index >= 15 is 0 Å². The maximum absolute atomic E-state index is 13.0. The summed E-state index contributed by atoms with van der Waals surface area (Å²) in [6, 6.07) is 26.0. The normalized spacial score (nSPS) is 12.0. The van der Waals surface area contributed by atoms with Gasteiger partial charge in [-0.25, -0.2) is 23.1 Å². The maximum atomic E-state index is 13.0. The summed E-state index contributed by atoms with van der Waals surface area (Å²) in [6.45, 7) is 0.599. The van der Waals surface area contributed by atoms with E-state index < -0.39 is 10.0 Å². The Balaban J connectivity index is 1.25. The molecule has 190 valence electrons. The fourth-order valence-corrected chi connectivity index (χ4v) is 5.74. The molecule has 0 fully saturated rings. The monoisotopic (exact) mass is 523 g/mol. The molecule has 9 nitrogen and oxygen atoms in total. The molecule has 0 aliphatic heterocycles. The SMILES string of the molecule is N=C(N)c1ccc2nc(Cc3nc4ccccc4n3CCNS(=O)(=O)c3ccc4ccccc4c3)[nH]c2c1. The molecule has 0 aliphatic carbocycles. The zero-order valence-electron chi connectivity index (χ0n) is 20.3. The Morgan fingerprint density at radius 2 is 1.71 bits per heavy atom. The van der Waals surface area contributed by atoms with E-state index in [-0.39, 0.29) is 17.3 Å². The van der Waals surface area contributed by atoms with Gasteiger partial charge in [0.2, 0.25) is 10.0 Å². The van der Waals surface area contributed by atoms with Gasteiger partial charge in [-0.05, 0) is 53.2 Å². The lowest BCUT2D eigenvalue weighted by Gasteiger charge is -2.11. The van der Waals surface area contributed by atoms with Crippen molar-refractivity contribution in [3.63, 3.8) is 0 Å². The van der Waals surface area contributed by atoms with Crippen LogP contribution in [-0.2, 0) is 23.0 Å². The molecule has 6 aromatic rings. The number of para-hydroxylation sites is 2. The van der Waals surface area contributed by atoms with Crippen LogP contribution >= 0.6 is 0 Å². The van der Waals surface area contributed by atoms with E-state index in [9.17, 15) is 8.42 Å². The summed E-state index contributed by atoms with van der Waals surface area (Å²) >= 11 is 0. The second kappa shape index (κ2) is 9.40. The highest BCUT2D eigenvalue weighted by molar-refractivity contribution is 7.89. The first-order valence-electron chi connectivity index (χ1n) is 12.1. The molecule has 0 aliphatic rings. The summed E-state index contributed by atoms with van der Waals surface area (Å²) in [4.78, 5) is 13.0. The van der Waals surface area contributed by atoms with Gasteiger partial charge in [-0.3, -0.25) is 5.41 Å². The predicted octanol–water partition coefficient (Wildman–Crippen LogP) is 3.92. The Hall–Kier alpha value is -4.54. The van der Waals surface area contributed by atoms with Crippen LogP contribution in [0.25, 0.3) is 32.8 Å². The average molecular weight is 524 g/mol. The number of hydrogen-bond acceptors (Lipinski definition) is 5. The maximum Gasteiger partial charge on any atom is 0.240 e. The minimum atomic E-state index is -3.69. The van der Waals surface area contributed by atoms with Gasteiger partial charge >= 0.3 is 0 Å². The van der Waals surface area contributed by atoms with Gasteiger partial charge in [-0.2, -0.15) is 0 Å². The summed E-state index contributed by atoms with van der Waals surface area (Å²) in [7, 11) is -3.69. The van der Waals surface area contributed by atoms with Gasteiger partial charge in [0.05, 0.1) is 33.4 Å². The topological polar surface area (TPSA) is 143 Å². The molecule has 0 unspecified atom stereocenters. The number of amidine groups is 1. The van der Waals surface area contributed by atoms with Crippen molar-refractivity contribution >= 4 is 48.7 Å². The molecule has 0 bridgehead atoms. The van der Waals surface area contributed by atoms with Crippen LogP contribution in [0.15, 0.2) is 89.8 Å². The highest BCUT2D eigenvalue weighted by Crippen LogP contribution is 2.21. The number of aromatic amines is 1. The van der Waals surface area contributed by atoms with Crippen molar-refractivity contribution in [3.05, 3.63) is 102 Å². The zero-order chi connectivity index (χ0) is 26.3. The number of nitrogen functional groups attached to an aromatic ring is 1. The standard InChI is InChI=1S/C28H25N7O2S/c29-28(30)20-10-12-22-24(16-20)33-26(32-22)17-27-34-23-7-3-4-8-25(23)35(27)14-13-31-38(36,37)21-11-9-18-5-1-2-6-19(18)15-21/h1-12,15-16,31H,13-14,17H2,(H3,29,30)(H,32,33). The number of nitrogens with two attached hydrogens (primary N) is 1. The van der Waals surface area contributed by atoms with E-state index in [2.05, 4.69) is 14.7 Å². The third-order valence-electron chi connectivity index (χ3n) is 6.56. The minimum Gasteiger partial charge on any atom is -0.384 e. The molecule has 0 amide bonds. The van der Waals surface area contributed by atoms with Crippen molar-refractivity contribution in [1.82, 2.24) is 24.2 Å². The smallest absolute Gasteiger partial charge is 0.240 e.